The topological polar surface area (TPSA) is 75.4 Å². The lowest BCUT2D eigenvalue weighted by Gasteiger charge is -2.28. The molecular formula is C17H21N3O3S. The maximum absolute atomic E-state index is 11.9. The van der Waals surface area contributed by atoms with Crippen LogP contribution in [0.15, 0.2) is 36.8 Å². The summed E-state index contributed by atoms with van der Waals surface area (Å²) in [7, 11) is -3.23. The van der Waals surface area contributed by atoms with E-state index in [1.807, 2.05) is 24.7 Å². The van der Waals surface area contributed by atoms with Gasteiger partial charge in [0.2, 0.25) is 10.0 Å². The number of benzene rings is 1. The molecular weight excluding hydrogens is 326 g/mol. The highest BCUT2D eigenvalue weighted by Crippen LogP contribution is 2.45. The molecule has 0 bridgehead atoms. The van der Waals surface area contributed by atoms with E-state index in [-0.39, 0.29) is 12.0 Å². The summed E-state index contributed by atoms with van der Waals surface area (Å²) in [6.45, 7) is 0.824. The number of sulfonamides is 1. The van der Waals surface area contributed by atoms with E-state index in [0.29, 0.717) is 25.9 Å². The summed E-state index contributed by atoms with van der Waals surface area (Å²) in [5.41, 5.74) is 3.40. The number of rotatable bonds is 2. The normalized spacial score (nSPS) is 27.5. The molecule has 1 aromatic heterocycles. The van der Waals surface area contributed by atoms with Crippen molar-refractivity contribution >= 4 is 10.0 Å². The Kier molecular flexibility index (Phi) is 3.74. The van der Waals surface area contributed by atoms with E-state index in [1.165, 1.54) is 16.1 Å². The van der Waals surface area contributed by atoms with Crippen molar-refractivity contribution in [2.45, 2.75) is 25.0 Å². The Morgan fingerprint density at radius 3 is 2.75 bits per heavy atom. The smallest absolute Gasteiger partial charge is 0.211 e. The van der Waals surface area contributed by atoms with E-state index >= 15 is 0 Å². The van der Waals surface area contributed by atoms with Gasteiger partial charge < -0.3 is 9.67 Å². The Morgan fingerprint density at radius 2 is 1.96 bits per heavy atom. The average molecular weight is 347 g/mol. The summed E-state index contributed by atoms with van der Waals surface area (Å²) < 4.78 is 27.3. The van der Waals surface area contributed by atoms with Crippen LogP contribution in [0.5, 0.6) is 0 Å². The van der Waals surface area contributed by atoms with Crippen LogP contribution >= 0.6 is 0 Å². The van der Waals surface area contributed by atoms with Crippen molar-refractivity contribution in [2.24, 2.45) is 5.92 Å². The minimum Gasteiger partial charge on any atom is -0.393 e. The zero-order valence-electron chi connectivity index (χ0n) is 13.5. The zero-order chi connectivity index (χ0) is 16.9. The molecule has 3 heterocycles. The Labute approximate surface area is 141 Å². The quantitative estimate of drug-likeness (QED) is 0.893. The first-order valence-corrected chi connectivity index (χ1v) is 10.1. The summed E-state index contributed by atoms with van der Waals surface area (Å²) in [5, 5.41) is 10.7. The van der Waals surface area contributed by atoms with Crippen molar-refractivity contribution in [3.8, 4) is 11.3 Å². The van der Waals surface area contributed by atoms with Crippen LogP contribution in [0.4, 0.5) is 0 Å². The van der Waals surface area contributed by atoms with E-state index in [4.69, 9.17) is 0 Å². The monoisotopic (exact) mass is 347 g/mol. The SMILES string of the molecule is CS(=O)(=O)N1CC[C@@H]([C@@H]2c3ccccc3-c3cncn32)[C@H](O)CC1. The molecule has 2 aliphatic heterocycles. The summed E-state index contributed by atoms with van der Waals surface area (Å²) >= 11 is 0. The molecule has 0 spiro atoms. The second kappa shape index (κ2) is 5.68. The Balaban J connectivity index is 1.71. The zero-order valence-corrected chi connectivity index (χ0v) is 14.4. The molecule has 3 atom stereocenters. The average Bonchev–Trinajstić information content (AvgIpc) is 3.05. The van der Waals surface area contributed by atoms with Gasteiger partial charge in [0, 0.05) is 24.6 Å². The lowest BCUT2D eigenvalue weighted by molar-refractivity contribution is 0.0836. The number of fused-ring (bicyclic) bond motifs is 3. The van der Waals surface area contributed by atoms with Crippen LogP contribution in [0.25, 0.3) is 11.3 Å². The molecule has 24 heavy (non-hydrogen) atoms. The third kappa shape index (κ3) is 2.47. The van der Waals surface area contributed by atoms with E-state index in [1.54, 1.807) is 0 Å². The van der Waals surface area contributed by atoms with Crippen molar-refractivity contribution in [2.75, 3.05) is 19.3 Å². The molecule has 1 aromatic carbocycles. The highest BCUT2D eigenvalue weighted by molar-refractivity contribution is 7.88. The highest BCUT2D eigenvalue weighted by Gasteiger charge is 2.39. The fourth-order valence-electron chi connectivity index (χ4n) is 4.10. The number of hydrogen-bond donors (Lipinski definition) is 1. The summed E-state index contributed by atoms with van der Waals surface area (Å²) in [4.78, 5) is 4.27. The molecule has 1 saturated heterocycles. The van der Waals surface area contributed by atoms with Gasteiger partial charge in [-0.05, 0) is 18.4 Å². The number of nitrogens with zero attached hydrogens (tertiary/aromatic N) is 3. The van der Waals surface area contributed by atoms with Gasteiger partial charge in [-0.3, -0.25) is 0 Å². The van der Waals surface area contributed by atoms with Crippen LogP contribution in [-0.4, -0.2) is 52.8 Å². The lowest BCUT2D eigenvalue weighted by atomic mass is 9.85. The van der Waals surface area contributed by atoms with Gasteiger partial charge in [0.1, 0.15) is 0 Å². The molecule has 0 radical (unpaired) electrons. The molecule has 1 N–H and O–H groups in total. The Bertz CT molecular complexity index is 861. The molecule has 0 saturated carbocycles. The van der Waals surface area contributed by atoms with E-state index < -0.39 is 16.1 Å². The number of aromatic nitrogens is 2. The van der Waals surface area contributed by atoms with Crippen molar-refractivity contribution < 1.29 is 13.5 Å². The number of hydrogen-bond acceptors (Lipinski definition) is 4. The molecule has 0 unspecified atom stereocenters. The van der Waals surface area contributed by atoms with E-state index in [9.17, 15) is 13.5 Å². The maximum Gasteiger partial charge on any atom is 0.211 e. The fraction of sp³-hybridized carbons (Fsp3) is 0.471. The third-order valence-electron chi connectivity index (χ3n) is 5.28. The van der Waals surface area contributed by atoms with Gasteiger partial charge in [0.05, 0.1) is 36.6 Å². The summed E-state index contributed by atoms with van der Waals surface area (Å²) in [6, 6.07) is 8.20. The fourth-order valence-corrected chi connectivity index (χ4v) is 4.97. The number of aliphatic hydroxyl groups is 1. The van der Waals surface area contributed by atoms with Gasteiger partial charge in [-0.15, -0.1) is 0 Å². The predicted octanol–water partition coefficient (Wildman–Crippen LogP) is 1.49. The van der Waals surface area contributed by atoms with Crippen LogP contribution in [0.3, 0.4) is 0 Å². The van der Waals surface area contributed by atoms with Crippen LogP contribution in [0, 0.1) is 5.92 Å². The second-order valence-electron chi connectivity index (χ2n) is 6.69. The lowest BCUT2D eigenvalue weighted by Crippen LogP contribution is -2.31. The first kappa shape index (κ1) is 15.8. The minimum absolute atomic E-state index is 0.00760. The van der Waals surface area contributed by atoms with Gasteiger partial charge >= 0.3 is 0 Å². The molecule has 0 amide bonds. The van der Waals surface area contributed by atoms with Gasteiger partial charge in [-0.2, -0.15) is 0 Å². The minimum atomic E-state index is -3.23. The molecule has 128 valence electrons. The molecule has 2 aliphatic rings. The van der Waals surface area contributed by atoms with Crippen LogP contribution in [-0.2, 0) is 10.0 Å². The van der Waals surface area contributed by atoms with Crippen molar-refractivity contribution in [1.29, 1.82) is 0 Å². The van der Waals surface area contributed by atoms with Crippen LogP contribution in [0.1, 0.15) is 24.4 Å². The molecule has 6 nitrogen and oxygen atoms in total. The Hall–Kier alpha value is -1.70. The molecule has 1 fully saturated rings. The highest BCUT2D eigenvalue weighted by atomic mass is 32.2. The van der Waals surface area contributed by atoms with E-state index in [2.05, 4.69) is 21.7 Å². The van der Waals surface area contributed by atoms with Crippen molar-refractivity contribution in [1.82, 2.24) is 13.9 Å². The van der Waals surface area contributed by atoms with Crippen molar-refractivity contribution in [3.05, 3.63) is 42.4 Å². The van der Waals surface area contributed by atoms with Crippen molar-refractivity contribution in [3.63, 3.8) is 0 Å². The Morgan fingerprint density at radius 1 is 1.21 bits per heavy atom. The molecule has 2 aromatic rings. The van der Waals surface area contributed by atoms with Gasteiger partial charge in [-0.25, -0.2) is 17.7 Å². The summed E-state index contributed by atoms with van der Waals surface area (Å²) in [6.07, 6.45) is 5.45. The largest absolute Gasteiger partial charge is 0.393 e. The number of aliphatic hydroxyl groups excluding tert-OH is 1. The first-order valence-electron chi connectivity index (χ1n) is 8.21. The standard InChI is InChI=1S/C17H21N3O3S/c1-24(22,23)19-8-6-14(16(21)7-9-19)17-13-5-3-2-4-12(13)15-10-18-11-20(15)17/h2-5,10-11,14,16-17,21H,6-9H2,1H3/t14-,16-,17+/m1/s1. The molecule has 4 rings (SSSR count). The second-order valence-corrected chi connectivity index (χ2v) is 8.67. The van der Waals surface area contributed by atoms with E-state index in [0.717, 1.165) is 11.3 Å². The summed E-state index contributed by atoms with van der Waals surface area (Å²) in [5.74, 6) is -0.0339. The number of imidazole rings is 1. The van der Waals surface area contributed by atoms with Crippen LogP contribution < -0.4 is 0 Å². The predicted molar refractivity (Wildman–Crippen MR) is 90.9 cm³/mol. The molecule has 0 aliphatic carbocycles. The third-order valence-corrected chi connectivity index (χ3v) is 6.58. The first-order chi connectivity index (χ1) is 11.5. The molecule has 7 heteroatoms. The maximum atomic E-state index is 11.9. The van der Waals surface area contributed by atoms with Gasteiger partial charge in [0.15, 0.2) is 0 Å². The van der Waals surface area contributed by atoms with Gasteiger partial charge in [-0.1, -0.05) is 24.3 Å². The van der Waals surface area contributed by atoms with Crippen LogP contribution in [0.2, 0.25) is 0 Å². The van der Waals surface area contributed by atoms with Gasteiger partial charge in [0.25, 0.3) is 0 Å².